The standard InChI is InChI=1S/C27H29NO10.C4H10/c1-5-35-25(33)27(28-17(3)29,26(34)36-6-2)15-23(31)19-7-11-21(12-8-19)38-22-13-9-20(10-14-22)24(32)16-37-18(4)30;1-3-4-2/h7-14H,5-6,15-16H2,1-4H3,(H,28,29);3-4H2,1-2H3. The molecule has 0 aliphatic heterocycles. The van der Waals surface area contributed by atoms with Crippen molar-refractivity contribution in [2.75, 3.05) is 19.8 Å². The van der Waals surface area contributed by atoms with Crippen molar-refractivity contribution < 1.29 is 47.7 Å². The molecule has 2 rings (SSSR count). The lowest BCUT2D eigenvalue weighted by Crippen LogP contribution is -2.62. The summed E-state index contributed by atoms with van der Waals surface area (Å²) in [5.74, 6) is -3.69. The Kier molecular flexibility index (Phi) is 15.2. The number of unbranched alkanes of at least 4 members (excludes halogenated alkanes) is 1. The Balaban J connectivity index is 0.00000206. The number of ether oxygens (including phenoxy) is 4. The van der Waals surface area contributed by atoms with E-state index in [1.807, 2.05) is 0 Å². The highest BCUT2D eigenvalue weighted by molar-refractivity contribution is 6.13. The Morgan fingerprint density at radius 1 is 0.643 bits per heavy atom. The van der Waals surface area contributed by atoms with E-state index in [4.69, 9.17) is 18.9 Å². The third-order valence-corrected chi connectivity index (χ3v) is 5.56. The molecular weight excluding hydrogens is 546 g/mol. The molecule has 0 radical (unpaired) electrons. The number of hydrogen-bond acceptors (Lipinski definition) is 10. The van der Waals surface area contributed by atoms with E-state index in [9.17, 15) is 28.8 Å². The third-order valence-electron chi connectivity index (χ3n) is 5.56. The van der Waals surface area contributed by atoms with Crippen molar-refractivity contribution in [1.29, 1.82) is 0 Å². The number of esters is 3. The summed E-state index contributed by atoms with van der Waals surface area (Å²) in [6.07, 6.45) is 1.92. The fourth-order valence-electron chi connectivity index (χ4n) is 3.33. The van der Waals surface area contributed by atoms with Crippen molar-refractivity contribution in [3.05, 3.63) is 59.7 Å². The molecule has 0 bridgehead atoms. The summed E-state index contributed by atoms with van der Waals surface area (Å²) in [5.41, 5.74) is -1.85. The van der Waals surface area contributed by atoms with Gasteiger partial charge in [-0.3, -0.25) is 19.2 Å². The predicted molar refractivity (Wildman–Crippen MR) is 153 cm³/mol. The van der Waals surface area contributed by atoms with Gasteiger partial charge in [-0.1, -0.05) is 26.7 Å². The van der Waals surface area contributed by atoms with Gasteiger partial charge in [-0.15, -0.1) is 0 Å². The normalized spacial score (nSPS) is 10.3. The van der Waals surface area contributed by atoms with Crippen LogP contribution in [0.5, 0.6) is 11.5 Å². The molecule has 0 fully saturated rings. The summed E-state index contributed by atoms with van der Waals surface area (Å²) < 4.78 is 20.4. The van der Waals surface area contributed by atoms with Crippen LogP contribution >= 0.6 is 0 Å². The van der Waals surface area contributed by atoms with Crippen LogP contribution in [0.2, 0.25) is 0 Å². The van der Waals surface area contributed by atoms with Crippen LogP contribution in [0.3, 0.4) is 0 Å². The number of benzene rings is 2. The fourth-order valence-corrected chi connectivity index (χ4v) is 3.33. The number of Topliss-reactive ketones (excluding diaryl/α,β-unsaturated/α-hetero) is 2. The molecule has 228 valence electrons. The van der Waals surface area contributed by atoms with Gasteiger partial charge in [0.15, 0.2) is 18.2 Å². The lowest BCUT2D eigenvalue weighted by Gasteiger charge is -2.29. The van der Waals surface area contributed by atoms with Crippen molar-refractivity contribution >= 4 is 35.4 Å². The molecule has 1 amide bonds. The molecule has 11 nitrogen and oxygen atoms in total. The lowest BCUT2D eigenvalue weighted by atomic mass is 9.89. The minimum Gasteiger partial charge on any atom is -0.464 e. The summed E-state index contributed by atoms with van der Waals surface area (Å²) in [4.78, 5) is 73.2. The monoisotopic (exact) mass is 585 g/mol. The number of nitrogens with one attached hydrogen (secondary N) is 1. The summed E-state index contributed by atoms with van der Waals surface area (Å²) in [5, 5.41) is 2.25. The number of hydrogen-bond donors (Lipinski definition) is 1. The van der Waals surface area contributed by atoms with Crippen LogP contribution < -0.4 is 10.1 Å². The molecule has 0 saturated carbocycles. The first kappa shape index (κ1) is 35.5. The molecule has 0 spiro atoms. The maximum absolute atomic E-state index is 13.1. The minimum absolute atomic E-state index is 0.0822. The molecule has 11 heteroatoms. The van der Waals surface area contributed by atoms with Gasteiger partial charge in [0.2, 0.25) is 11.4 Å². The zero-order valence-electron chi connectivity index (χ0n) is 24.9. The first-order chi connectivity index (χ1) is 19.9. The Morgan fingerprint density at radius 3 is 1.43 bits per heavy atom. The van der Waals surface area contributed by atoms with Gasteiger partial charge in [0, 0.05) is 25.0 Å². The molecule has 2 aromatic carbocycles. The minimum atomic E-state index is -2.33. The second-order valence-corrected chi connectivity index (χ2v) is 8.98. The zero-order chi connectivity index (χ0) is 31.7. The molecule has 42 heavy (non-hydrogen) atoms. The first-order valence-corrected chi connectivity index (χ1v) is 13.6. The van der Waals surface area contributed by atoms with Crippen LogP contribution in [0.25, 0.3) is 0 Å². The number of rotatable bonds is 14. The first-order valence-electron chi connectivity index (χ1n) is 13.6. The molecule has 0 aliphatic carbocycles. The molecule has 1 N–H and O–H groups in total. The Bertz CT molecular complexity index is 1200. The van der Waals surface area contributed by atoms with E-state index in [0.29, 0.717) is 17.1 Å². The highest BCUT2D eigenvalue weighted by Crippen LogP contribution is 2.25. The van der Waals surface area contributed by atoms with Gasteiger partial charge in [0.05, 0.1) is 19.6 Å². The van der Waals surface area contributed by atoms with Crippen LogP contribution in [0, 0.1) is 0 Å². The molecule has 0 aliphatic rings. The molecule has 0 saturated heterocycles. The molecule has 0 unspecified atom stereocenters. The van der Waals surface area contributed by atoms with E-state index >= 15 is 0 Å². The predicted octanol–water partition coefficient (Wildman–Crippen LogP) is 4.61. The van der Waals surface area contributed by atoms with Gasteiger partial charge < -0.3 is 24.3 Å². The third kappa shape index (κ3) is 11.1. The van der Waals surface area contributed by atoms with Gasteiger partial charge in [0.25, 0.3) is 0 Å². The number of amides is 1. The molecule has 0 atom stereocenters. The van der Waals surface area contributed by atoms with Crippen LogP contribution in [0.4, 0.5) is 0 Å². The summed E-state index contributed by atoms with van der Waals surface area (Å²) in [6.45, 7) is 9.20. The number of carbonyl (C=O) groups is 6. The van der Waals surface area contributed by atoms with Gasteiger partial charge in [-0.25, -0.2) is 9.59 Å². The molecule has 2 aromatic rings. The topological polar surface area (TPSA) is 151 Å². The van der Waals surface area contributed by atoms with Crippen molar-refractivity contribution in [3.63, 3.8) is 0 Å². The number of carbonyl (C=O) groups excluding carboxylic acids is 6. The molecule has 0 heterocycles. The Hall–Kier alpha value is -4.54. The van der Waals surface area contributed by atoms with Gasteiger partial charge >= 0.3 is 17.9 Å². The SMILES string of the molecule is CCCC.CCOC(=O)C(CC(=O)c1ccc(Oc2ccc(C(=O)COC(C)=O)cc2)cc1)(NC(C)=O)C(=O)OCC. The average molecular weight is 586 g/mol. The second kappa shape index (κ2) is 18.0. The van der Waals surface area contributed by atoms with E-state index in [-0.39, 0.29) is 31.2 Å². The Morgan fingerprint density at radius 2 is 1.07 bits per heavy atom. The summed E-state index contributed by atoms with van der Waals surface area (Å²) in [7, 11) is 0. The van der Waals surface area contributed by atoms with Crippen molar-refractivity contribution in [2.24, 2.45) is 0 Å². The van der Waals surface area contributed by atoms with Crippen molar-refractivity contribution in [3.8, 4) is 11.5 Å². The van der Waals surface area contributed by atoms with Crippen LogP contribution in [0.15, 0.2) is 48.5 Å². The van der Waals surface area contributed by atoms with Gasteiger partial charge in [-0.05, 0) is 62.4 Å². The van der Waals surface area contributed by atoms with E-state index < -0.39 is 41.6 Å². The fraction of sp³-hybridized carbons (Fsp3) is 0.419. The Labute approximate surface area is 245 Å². The highest BCUT2D eigenvalue weighted by Gasteiger charge is 2.51. The molecular formula is C31H39NO10. The smallest absolute Gasteiger partial charge is 0.344 e. The highest BCUT2D eigenvalue weighted by atomic mass is 16.6. The quantitative estimate of drug-likeness (QED) is 0.144. The second-order valence-electron chi connectivity index (χ2n) is 8.98. The maximum atomic E-state index is 13.1. The summed E-state index contributed by atoms with van der Waals surface area (Å²) >= 11 is 0. The van der Waals surface area contributed by atoms with Crippen LogP contribution in [-0.2, 0) is 33.4 Å². The summed E-state index contributed by atoms with van der Waals surface area (Å²) in [6, 6.07) is 12.0. The van der Waals surface area contributed by atoms with E-state index in [2.05, 4.69) is 19.2 Å². The average Bonchev–Trinajstić information content (AvgIpc) is 2.96. The van der Waals surface area contributed by atoms with Gasteiger partial charge in [0.1, 0.15) is 11.5 Å². The zero-order valence-corrected chi connectivity index (χ0v) is 24.9. The van der Waals surface area contributed by atoms with E-state index in [0.717, 1.165) is 6.92 Å². The van der Waals surface area contributed by atoms with E-state index in [1.165, 1.54) is 70.0 Å². The number of ketones is 2. The lowest BCUT2D eigenvalue weighted by molar-refractivity contribution is -0.167. The largest absolute Gasteiger partial charge is 0.464 e. The van der Waals surface area contributed by atoms with Crippen LogP contribution in [0.1, 0.15) is 81.5 Å². The van der Waals surface area contributed by atoms with Crippen LogP contribution in [-0.4, -0.2) is 60.7 Å². The van der Waals surface area contributed by atoms with Crippen molar-refractivity contribution in [1.82, 2.24) is 5.32 Å². The van der Waals surface area contributed by atoms with Crippen molar-refractivity contribution in [2.45, 2.75) is 66.3 Å². The van der Waals surface area contributed by atoms with E-state index in [1.54, 1.807) is 12.1 Å². The molecule has 0 aromatic heterocycles. The van der Waals surface area contributed by atoms with Gasteiger partial charge in [-0.2, -0.15) is 0 Å². The maximum Gasteiger partial charge on any atom is 0.344 e.